The second kappa shape index (κ2) is 8.43. The number of guanidine groups is 1. The number of nitrogens with zero attached hydrogens (tertiary/aromatic N) is 4. The molecule has 0 radical (unpaired) electrons. The zero-order valence-electron chi connectivity index (χ0n) is 18.3. The van der Waals surface area contributed by atoms with Crippen LogP contribution in [0.2, 0.25) is 0 Å². The number of hydrogen-bond donors (Lipinski definition) is 1. The molecule has 166 valence electrons. The molecule has 1 fully saturated rings. The lowest BCUT2D eigenvalue weighted by atomic mass is 10.2. The summed E-state index contributed by atoms with van der Waals surface area (Å²) in [6.45, 7) is 8.25. The lowest BCUT2D eigenvalue weighted by molar-refractivity contribution is 0.0137. The number of ether oxygens (including phenoxy) is 1. The number of benzene rings is 1. The Labute approximate surface area is 178 Å². The third-order valence-electron chi connectivity index (χ3n) is 5.03. The molecule has 2 heterocycles. The first kappa shape index (κ1) is 22.4. The maximum atomic E-state index is 12.6. The second-order valence-corrected chi connectivity index (χ2v) is 10.8. The molecule has 2 aliphatic heterocycles. The number of nitrogens with one attached hydrogen (secondary N) is 1. The molecule has 1 unspecified atom stereocenters. The molecular weight excluding hydrogens is 406 g/mol. The normalized spacial score (nSPS) is 19.5. The van der Waals surface area contributed by atoms with E-state index in [1.54, 1.807) is 23.1 Å². The third-order valence-corrected chi connectivity index (χ3v) is 6.94. The third kappa shape index (κ3) is 4.86. The maximum Gasteiger partial charge on any atom is 0.410 e. The molecule has 0 aliphatic carbocycles. The lowest BCUT2D eigenvalue weighted by Crippen LogP contribution is -2.57. The van der Waals surface area contributed by atoms with Crippen molar-refractivity contribution in [3.8, 4) is 0 Å². The van der Waals surface area contributed by atoms with Crippen molar-refractivity contribution in [2.24, 2.45) is 4.99 Å². The number of amides is 1. The predicted molar refractivity (Wildman–Crippen MR) is 115 cm³/mol. The van der Waals surface area contributed by atoms with Gasteiger partial charge in [-0.3, -0.25) is 4.99 Å². The summed E-state index contributed by atoms with van der Waals surface area (Å²) in [6, 6.07) is 7.06. The van der Waals surface area contributed by atoms with E-state index in [2.05, 4.69) is 15.2 Å². The van der Waals surface area contributed by atoms with E-state index < -0.39 is 15.6 Å². The fourth-order valence-electron chi connectivity index (χ4n) is 3.50. The van der Waals surface area contributed by atoms with Crippen molar-refractivity contribution >= 4 is 22.1 Å². The Morgan fingerprint density at radius 3 is 2.63 bits per heavy atom. The van der Waals surface area contributed by atoms with Crippen molar-refractivity contribution in [2.45, 2.75) is 43.9 Å². The predicted octanol–water partition coefficient (Wildman–Crippen LogP) is 1.32. The van der Waals surface area contributed by atoms with E-state index in [0.717, 1.165) is 5.96 Å². The number of aliphatic imine (C=N–C) groups is 1. The van der Waals surface area contributed by atoms with Gasteiger partial charge in [0.2, 0.25) is 10.0 Å². The van der Waals surface area contributed by atoms with Gasteiger partial charge in [-0.05, 0) is 32.4 Å². The first-order valence-electron chi connectivity index (χ1n) is 10.0. The fourth-order valence-corrected chi connectivity index (χ4v) is 4.61. The Hall–Kier alpha value is -2.33. The molecule has 1 saturated heterocycles. The first-order chi connectivity index (χ1) is 14.0. The van der Waals surface area contributed by atoms with E-state index >= 15 is 0 Å². The summed E-state index contributed by atoms with van der Waals surface area (Å²) in [7, 11) is -0.480. The van der Waals surface area contributed by atoms with Crippen LogP contribution < -0.4 is 5.32 Å². The number of rotatable bonds is 4. The van der Waals surface area contributed by atoms with Crippen molar-refractivity contribution in [3.63, 3.8) is 0 Å². The van der Waals surface area contributed by atoms with Crippen LogP contribution in [0.5, 0.6) is 0 Å². The average Bonchev–Trinajstić information content (AvgIpc) is 3.07. The lowest BCUT2D eigenvalue weighted by Gasteiger charge is -2.39. The zero-order valence-corrected chi connectivity index (χ0v) is 19.1. The number of carbonyl (C=O) groups is 1. The summed E-state index contributed by atoms with van der Waals surface area (Å²) in [5.74, 6) is 0.737. The van der Waals surface area contributed by atoms with Gasteiger partial charge in [0.05, 0.1) is 17.5 Å². The summed E-state index contributed by atoms with van der Waals surface area (Å²) in [4.78, 5) is 21.1. The van der Waals surface area contributed by atoms with Crippen molar-refractivity contribution in [2.75, 3.05) is 40.3 Å². The average molecular weight is 438 g/mol. The highest BCUT2D eigenvalue weighted by atomic mass is 32.2. The number of piperazine rings is 1. The minimum absolute atomic E-state index is 0.0921. The molecule has 0 bridgehead atoms. The highest BCUT2D eigenvalue weighted by molar-refractivity contribution is 7.89. The van der Waals surface area contributed by atoms with Gasteiger partial charge in [-0.25, -0.2) is 17.5 Å². The summed E-state index contributed by atoms with van der Waals surface area (Å²) >= 11 is 0. The molecule has 9 nitrogen and oxygen atoms in total. The minimum atomic E-state index is -3.53. The van der Waals surface area contributed by atoms with Crippen LogP contribution in [0.4, 0.5) is 4.79 Å². The molecule has 1 amide bonds. The molecule has 1 atom stereocenters. The van der Waals surface area contributed by atoms with E-state index in [1.165, 1.54) is 18.4 Å². The largest absolute Gasteiger partial charge is 0.444 e. The molecule has 10 heteroatoms. The fraction of sp³-hybridized carbons (Fsp3) is 0.600. The second-order valence-electron chi connectivity index (χ2n) is 8.69. The van der Waals surface area contributed by atoms with Gasteiger partial charge in [0, 0.05) is 40.3 Å². The van der Waals surface area contributed by atoms with Crippen LogP contribution in [-0.2, 0) is 21.3 Å². The summed E-state index contributed by atoms with van der Waals surface area (Å²) in [5, 5.41) is 3.29. The van der Waals surface area contributed by atoms with Gasteiger partial charge >= 0.3 is 6.09 Å². The zero-order chi connectivity index (χ0) is 22.1. The van der Waals surface area contributed by atoms with E-state index in [9.17, 15) is 13.2 Å². The highest BCUT2D eigenvalue weighted by Gasteiger charge is 2.36. The molecule has 1 aromatic carbocycles. The van der Waals surface area contributed by atoms with Gasteiger partial charge < -0.3 is 19.9 Å². The van der Waals surface area contributed by atoms with E-state index in [-0.39, 0.29) is 17.0 Å². The highest BCUT2D eigenvalue weighted by Crippen LogP contribution is 2.21. The van der Waals surface area contributed by atoms with Crippen molar-refractivity contribution in [1.82, 2.24) is 19.4 Å². The van der Waals surface area contributed by atoms with E-state index in [0.29, 0.717) is 38.3 Å². The molecule has 30 heavy (non-hydrogen) atoms. The van der Waals surface area contributed by atoms with Crippen LogP contribution in [0.15, 0.2) is 34.2 Å². The number of sulfonamides is 1. The van der Waals surface area contributed by atoms with Gasteiger partial charge in [0.15, 0.2) is 5.96 Å². The van der Waals surface area contributed by atoms with Gasteiger partial charge in [-0.15, -0.1) is 0 Å². The quantitative estimate of drug-likeness (QED) is 0.763. The SMILES string of the molecule is CN(C)S(=O)(=O)c1ccccc1CNC1=NCC2CN(C(=O)OC(C)(C)C)CCN12. The van der Waals surface area contributed by atoms with Crippen molar-refractivity contribution in [1.29, 1.82) is 0 Å². The van der Waals surface area contributed by atoms with Crippen LogP contribution in [0.25, 0.3) is 0 Å². The van der Waals surface area contributed by atoms with Gasteiger partial charge in [-0.2, -0.15) is 0 Å². The van der Waals surface area contributed by atoms with Crippen molar-refractivity contribution < 1.29 is 17.9 Å². The van der Waals surface area contributed by atoms with Gasteiger partial charge in [0.25, 0.3) is 0 Å². The van der Waals surface area contributed by atoms with Crippen molar-refractivity contribution in [3.05, 3.63) is 29.8 Å². The molecule has 0 spiro atoms. The van der Waals surface area contributed by atoms with E-state index in [4.69, 9.17) is 4.74 Å². The Bertz CT molecular complexity index is 923. The molecule has 1 N–H and O–H groups in total. The summed E-state index contributed by atoms with van der Waals surface area (Å²) in [6.07, 6.45) is -0.300. The number of hydrogen-bond acceptors (Lipinski definition) is 7. The summed E-state index contributed by atoms with van der Waals surface area (Å²) in [5.41, 5.74) is 0.165. The van der Waals surface area contributed by atoms with Crippen LogP contribution in [0.1, 0.15) is 26.3 Å². The van der Waals surface area contributed by atoms with Gasteiger partial charge in [-0.1, -0.05) is 18.2 Å². The minimum Gasteiger partial charge on any atom is -0.444 e. The first-order valence-corrected chi connectivity index (χ1v) is 11.5. The van der Waals surface area contributed by atoms with E-state index in [1.807, 2.05) is 26.8 Å². The van der Waals surface area contributed by atoms with Crippen LogP contribution in [0.3, 0.4) is 0 Å². The molecule has 2 aliphatic rings. The molecule has 3 rings (SSSR count). The Kier molecular flexibility index (Phi) is 6.28. The molecule has 0 saturated carbocycles. The standard InChI is InChI=1S/C20H31N5O4S/c1-20(2,3)29-19(26)24-10-11-25-16(14-24)13-22-18(25)21-12-15-8-6-7-9-17(15)30(27,28)23(4)5/h6-9,16H,10-14H2,1-5H3,(H,21,22). The Morgan fingerprint density at radius 2 is 1.97 bits per heavy atom. The monoisotopic (exact) mass is 437 g/mol. The topological polar surface area (TPSA) is 94.6 Å². The van der Waals surface area contributed by atoms with Crippen LogP contribution in [0, 0.1) is 0 Å². The Balaban J connectivity index is 1.62. The smallest absolute Gasteiger partial charge is 0.410 e. The molecule has 1 aromatic rings. The Morgan fingerprint density at radius 1 is 1.27 bits per heavy atom. The van der Waals surface area contributed by atoms with Crippen LogP contribution in [-0.4, -0.2) is 86.5 Å². The summed E-state index contributed by atoms with van der Waals surface area (Å²) < 4.78 is 31.9. The van der Waals surface area contributed by atoms with Crippen LogP contribution >= 0.6 is 0 Å². The molecular formula is C20H31N5O4S. The molecule has 0 aromatic heterocycles. The van der Waals surface area contributed by atoms with Gasteiger partial charge in [0.1, 0.15) is 5.60 Å². The number of carbonyl (C=O) groups excluding carboxylic acids is 1. The number of fused-ring (bicyclic) bond motifs is 1. The maximum absolute atomic E-state index is 12.6.